The molecule has 0 amide bonds. The largest absolute Gasteiger partial charge is 0.316 e. The highest BCUT2D eigenvalue weighted by atomic mass is 32.2. The van der Waals surface area contributed by atoms with Crippen LogP contribution in [0, 0.1) is 11.7 Å². The third kappa shape index (κ3) is 3.46. The van der Waals surface area contributed by atoms with Crippen molar-refractivity contribution in [3.63, 3.8) is 0 Å². The van der Waals surface area contributed by atoms with Crippen LogP contribution >= 0.6 is 11.8 Å². The molecule has 0 aliphatic heterocycles. The van der Waals surface area contributed by atoms with Crippen molar-refractivity contribution in [2.24, 2.45) is 5.92 Å². The van der Waals surface area contributed by atoms with Crippen LogP contribution in [0.25, 0.3) is 0 Å². The molecular weight excluding hydrogens is 233 g/mol. The summed E-state index contributed by atoms with van der Waals surface area (Å²) >= 11 is 1.63. The Balaban J connectivity index is 1.89. The summed E-state index contributed by atoms with van der Waals surface area (Å²) < 4.78 is 13.5. The average molecular weight is 253 g/mol. The van der Waals surface area contributed by atoms with Gasteiger partial charge in [-0.3, -0.25) is 0 Å². The van der Waals surface area contributed by atoms with Crippen LogP contribution in [0.1, 0.15) is 25.7 Å². The molecule has 1 nitrogen and oxygen atoms in total. The van der Waals surface area contributed by atoms with Crippen molar-refractivity contribution >= 4 is 11.8 Å². The summed E-state index contributed by atoms with van der Waals surface area (Å²) in [5.74, 6) is 1.64. The monoisotopic (exact) mass is 253 g/mol. The summed E-state index contributed by atoms with van der Waals surface area (Å²) in [7, 11) is 2.02. The van der Waals surface area contributed by atoms with Gasteiger partial charge in [-0.25, -0.2) is 4.39 Å². The van der Waals surface area contributed by atoms with E-state index >= 15 is 0 Å². The molecule has 3 heteroatoms. The zero-order chi connectivity index (χ0) is 12.1. The maximum absolute atomic E-state index is 13.5. The van der Waals surface area contributed by atoms with Crippen molar-refractivity contribution in [3.05, 3.63) is 30.1 Å². The molecule has 17 heavy (non-hydrogen) atoms. The Morgan fingerprint density at radius 2 is 2.06 bits per heavy atom. The second kappa shape index (κ2) is 6.41. The van der Waals surface area contributed by atoms with Crippen LogP contribution in [-0.2, 0) is 0 Å². The van der Waals surface area contributed by atoms with Gasteiger partial charge in [-0.2, -0.15) is 0 Å². The Hall–Kier alpha value is -0.540. The lowest BCUT2D eigenvalue weighted by atomic mass is 10.0. The van der Waals surface area contributed by atoms with Gasteiger partial charge in [0.15, 0.2) is 0 Å². The van der Waals surface area contributed by atoms with Gasteiger partial charge in [0.05, 0.1) is 0 Å². The molecule has 1 fully saturated rings. The zero-order valence-electron chi connectivity index (χ0n) is 10.3. The molecule has 0 bridgehead atoms. The lowest BCUT2D eigenvalue weighted by molar-refractivity contribution is 0.410. The number of nitrogens with one attached hydrogen (secondary N) is 1. The fraction of sp³-hybridized carbons (Fsp3) is 0.571. The number of rotatable bonds is 5. The number of halogens is 1. The first-order valence-corrected chi connectivity index (χ1v) is 7.34. The number of thioether (sulfide) groups is 1. The van der Waals surface area contributed by atoms with Crippen molar-refractivity contribution in [2.75, 3.05) is 12.8 Å². The minimum atomic E-state index is -0.0984. The Morgan fingerprint density at radius 1 is 1.35 bits per heavy atom. The first-order valence-electron chi connectivity index (χ1n) is 6.36. The Bertz CT molecular complexity index is 350. The van der Waals surface area contributed by atoms with Gasteiger partial charge in [0.1, 0.15) is 5.82 Å². The third-order valence-corrected chi connectivity index (χ3v) is 4.76. The molecule has 94 valence electrons. The summed E-state index contributed by atoms with van der Waals surface area (Å²) in [5.41, 5.74) is 0. The fourth-order valence-electron chi connectivity index (χ4n) is 2.56. The fourth-order valence-corrected chi connectivity index (χ4v) is 3.73. The van der Waals surface area contributed by atoms with Crippen molar-refractivity contribution in [1.29, 1.82) is 0 Å². The van der Waals surface area contributed by atoms with Gasteiger partial charge in [0.25, 0.3) is 0 Å². The normalized spacial score (nSPS) is 18.5. The van der Waals surface area contributed by atoms with E-state index in [1.807, 2.05) is 19.2 Å². The van der Waals surface area contributed by atoms with Gasteiger partial charge in [0, 0.05) is 16.7 Å². The van der Waals surface area contributed by atoms with Gasteiger partial charge in [0.2, 0.25) is 0 Å². The summed E-state index contributed by atoms with van der Waals surface area (Å²) in [5, 5.41) is 3.39. The highest BCUT2D eigenvalue weighted by Crippen LogP contribution is 2.31. The zero-order valence-corrected chi connectivity index (χ0v) is 11.1. The molecule has 1 aromatic rings. The minimum absolute atomic E-state index is 0.0984. The molecule has 1 aliphatic rings. The quantitative estimate of drug-likeness (QED) is 0.803. The highest BCUT2D eigenvalue weighted by molar-refractivity contribution is 7.99. The van der Waals surface area contributed by atoms with Crippen LogP contribution < -0.4 is 5.32 Å². The molecule has 0 spiro atoms. The Kier molecular flexibility index (Phi) is 4.86. The van der Waals surface area contributed by atoms with Gasteiger partial charge in [-0.1, -0.05) is 25.0 Å². The second-order valence-electron chi connectivity index (χ2n) is 4.68. The molecule has 1 saturated carbocycles. The van der Waals surface area contributed by atoms with E-state index in [4.69, 9.17) is 0 Å². The van der Waals surface area contributed by atoms with E-state index in [1.165, 1.54) is 31.7 Å². The van der Waals surface area contributed by atoms with Crippen LogP contribution in [0.15, 0.2) is 29.2 Å². The molecule has 1 aliphatic carbocycles. The average Bonchev–Trinajstić information content (AvgIpc) is 2.86. The topological polar surface area (TPSA) is 12.0 Å². The molecule has 0 saturated heterocycles. The molecule has 1 N–H and O–H groups in total. The van der Waals surface area contributed by atoms with Crippen molar-refractivity contribution in [2.45, 2.75) is 36.6 Å². The molecule has 1 unspecified atom stereocenters. The summed E-state index contributed by atoms with van der Waals surface area (Å²) in [6.45, 7) is 0. The third-order valence-electron chi connectivity index (χ3n) is 3.59. The van der Waals surface area contributed by atoms with Crippen LogP contribution in [0.4, 0.5) is 4.39 Å². The summed E-state index contributed by atoms with van der Waals surface area (Å²) in [4.78, 5) is 0.769. The van der Waals surface area contributed by atoms with E-state index in [0.29, 0.717) is 6.04 Å². The first-order chi connectivity index (χ1) is 8.31. The Morgan fingerprint density at radius 3 is 2.71 bits per heavy atom. The molecular formula is C14H20FNS. The lowest BCUT2D eigenvalue weighted by Crippen LogP contribution is -2.34. The van der Waals surface area contributed by atoms with Gasteiger partial charge in [-0.05, 0) is 37.9 Å². The maximum atomic E-state index is 13.5. The molecule has 2 rings (SSSR count). The SMILES string of the molecule is CNC(CSc1ccccc1F)C1CCCC1. The molecule has 0 radical (unpaired) electrons. The number of benzene rings is 1. The standard InChI is InChI=1S/C14H20FNS/c1-16-13(11-6-2-3-7-11)10-17-14-9-5-4-8-12(14)15/h4-5,8-9,11,13,16H,2-3,6-7,10H2,1H3. The number of hydrogen-bond donors (Lipinski definition) is 1. The van der Waals surface area contributed by atoms with E-state index in [-0.39, 0.29) is 5.82 Å². The molecule has 1 aromatic carbocycles. The van der Waals surface area contributed by atoms with Crippen LogP contribution in [0.3, 0.4) is 0 Å². The van der Waals surface area contributed by atoms with E-state index in [0.717, 1.165) is 16.6 Å². The van der Waals surface area contributed by atoms with Gasteiger partial charge < -0.3 is 5.32 Å². The summed E-state index contributed by atoms with van der Waals surface area (Å²) in [6, 6.07) is 7.55. The van der Waals surface area contributed by atoms with Gasteiger partial charge >= 0.3 is 0 Å². The maximum Gasteiger partial charge on any atom is 0.136 e. The van der Waals surface area contributed by atoms with Crippen LogP contribution in [0.5, 0.6) is 0 Å². The lowest BCUT2D eigenvalue weighted by Gasteiger charge is -2.22. The first kappa shape index (κ1) is 12.9. The molecule has 0 aromatic heterocycles. The van der Waals surface area contributed by atoms with Crippen LogP contribution in [-0.4, -0.2) is 18.8 Å². The predicted molar refractivity (Wildman–Crippen MR) is 71.9 cm³/mol. The molecule has 0 heterocycles. The van der Waals surface area contributed by atoms with Crippen molar-refractivity contribution in [3.8, 4) is 0 Å². The number of hydrogen-bond acceptors (Lipinski definition) is 2. The van der Waals surface area contributed by atoms with E-state index < -0.39 is 0 Å². The van der Waals surface area contributed by atoms with E-state index in [1.54, 1.807) is 17.8 Å². The molecule has 1 atom stereocenters. The van der Waals surface area contributed by atoms with E-state index in [2.05, 4.69) is 5.32 Å². The second-order valence-corrected chi connectivity index (χ2v) is 5.74. The van der Waals surface area contributed by atoms with Gasteiger partial charge in [-0.15, -0.1) is 11.8 Å². The van der Waals surface area contributed by atoms with Crippen molar-refractivity contribution < 1.29 is 4.39 Å². The predicted octanol–water partition coefficient (Wildman–Crippen LogP) is 3.70. The van der Waals surface area contributed by atoms with Crippen LogP contribution in [0.2, 0.25) is 0 Å². The minimum Gasteiger partial charge on any atom is -0.316 e. The Labute approximate surface area is 107 Å². The smallest absolute Gasteiger partial charge is 0.136 e. The summed E-state index contributed by atoms with van der Waals surface area (Å²) in [6.07, 6.45) is 5.35. The highest BCUT2D eigenvalue weighted by Gasteiger charge is 2.23. The van der Waals surface area contributed by atoms with E-state index in [9.17, 15) is 4.39 Å². The van der Waals surface area contributed by atoms with Crippen molar-refractivity contribution in [1.82, 2.24) is 5.32 Å².